The maximum Gasteiger partial charge on any atom is 0.418 e. The highest BCUT2D eigenvalue weighted by atomic mass is 19.4. The van der Waals surface area contributed by atoms with E-state index in [4.69, 9.17) is 5.11 Å². The van der Waals surface area contributed by atoms with E-state index in [1.165, 1.54) is 6.07 Å². The molecule has 1 aliphatic rings. The molecule has 0 bridgehead atoms. The van der Waals surface area contributed by atoms with Crippen LogP contribution in [0, 0.1) is 0 Å². The van der Waals surface area contributed by atoms with Crippen LogP contribution in [-0.2, 0) is 12.8 Å². The number of pyridine rings is 1. The Morgan fingerprint density at radius 1 is 1.22 bits per heavy atom. The number of alkyl halides is 3. The Labute approximate surface area is 104 Å². The predicted octanol–water partition coefficient (Wildman–Crippen LogP) is 3.64. The Bertz CT molecular complexity index is 411. The third-order valence-corrected chi connectivity index (χ3v) is 3.50. The Morgan fingerprint density at radius 3 is 2.44 bits per heavy atom. The highest BCUT2D eigenvalue weighted by molar-refractivity contribution is 5.32. The smallest absolute Gasteiger partial charge is 0.390 e. The standard InChI is InChI=1S/C13H16F3NO/c14-13(15,16)12-7-17-10(8-18)6-11(12)9-4-2-1-3-5-9/h6-7,9,18H,1-5,8H2. The van der Waals surface area contributed by atoms with E-state index in [2.05, 4.69) is 4.98 Å². The first-order chi connectivity index (χ1) is 8.52. The fourth-order valence-electron chi connectivity index (χ4n) is 2.59. The van der Waals surface area contributed by atoms with Gasteiger partial charge in [0, 0.05) is 6.20 Å². The number of aliphatic hydroxyl groups excluding tert-OH is 1. The first kappa shape index (κ1) is 13.3. The Hall–Kier alpha value is -1.10. The van der Waals surface area contributed by atoms with Gasteiger partial charge in [0.15, 0.2) is 0 Å². The lowest BCUT2D eigenvalue weighted by Gasteiger charge is -2.25. The van der Waals surface area contributed by atoms with Gasteiger partial charge in [-0.25, -0.2) is 0 Å². The maximum atomic E-state index is 12.9. The van der Waals surface area contributed by atoms with Gasteiger partial charge in [-0.3, -0.25) is 4.98 Å². The molecule has 1 heterocycles. The molecule has 0 saturated heterocycles. The fraction of sp³-hybridized carbons (Fsp3) is 0.615. The van der Waals surface area contributed by atoms with E-state index in [1.807, 2.05) is 0 Å². The summed E-state index contributed by atoms with van der Waals surface area (Å²) < 4.78 is 38.8. The normalized spacial score (nSPS) is 18.0. The molecule has 1 aromatic heterocycles. The summed E-state index contributed by atoms with van der Waals surface area (Å²) in [5.74, 6) is -0.0522. The molecule has 1 aliphatic carbocycles. The summed E-state index contributed by atoms with van der Waals surface area (Å²) in [6.45, 7) is -0.322. The molecule has 1 aromatic rings. The monoisotopic (exact) mass is 259 g/mol. The molecule has 2 nitrogen and oxygen atoms in total. The van der Waals surface area contributed by atoms with Crippen molar-refractivity contribution in [3.05, 3.63) is 29.1 Å². The lowest BCUT2D eigenvalue weighted by molar-refractivity contribution is -0.138. The van der Waals surface area contributed by atoms with E-state index in [9.17, 15) is 13.2 Å². The Kier molecular flexibility index (Phi) is 3.90. The number of hydrogen-bond donors (Lipinski definition) is 1. The Balaban J connectivity index is 2.40. The number of rotatable bonds is 2. The molecule has 1 saturated carbocycles. The van der Waals surface area contributed by atoms with Gasteiger partial charge in [-0.1, -0.05) is 19.3 Å². The highest BCUT2D eigenvalue weighted by Gasteiger charge is 2.36. The lowest BCUT2D eigenvalue weighted by atomic mass is 9.82. The summed E-state index contributed by atoms with van der Waals surface area (Å²) in [6.07, 6.45) is 1.10. The molecule has 0 unspecified atom stereocenters. The lowest BCUT2D eigenvalue weighted by Crippen LogP contribution is -2.15. The van der Waals surface area contributed by atoms with E-state index >= 15 is 0 Å². The summed E-state index contributed by atoms with van der Waals surface area (Å²) in [4.78, 5) is 3.65. The van der Waals surface area contributed by atoms with Crippen molar-refractivity contribution in [3.8, 4) is 0 Å². The zero-order valence-corrected chi connectivity index (χ0v) is 10.0. The van der Waals surface area contributed by atoms with Crippen LogP contribution in [0.1, 0.15) is 54.8 Å². The van der Waals surface area contributed by atoms with Crippen molar-refractivity contribution in [3.63, 3.8) is 0 Å². The van der Waals surface area contributed by atoms with Crippen LogP contribution >= 0.6 is 0 Å². The second-order valence-electron chi connectivity index (χ2n) is 4.75. The van der Waals surface area contributed by atoms with E-state index in [0.717, 1.165) is 38.3 Å². The topological polar surface area (TPSA) is 33.1 Å². The van der Waals surface area contributed by atoms with Gasteiger partial charge in [-0.05, 0) is 30.4 Å². The minimum absolute atomic E-state index is 0.0522. The van der Waals surface area contributed by atoms with E-state index in [-0.39, 0.29) is 12.5 Å². The molecule has 0 spiro atoms. The van der Waals surface area contributed by atoms with Crippen molar-refractivity contribution >= 4 is 0 Å². The van der Waals surface area contributed by atoms with Crippen molar-refractivity contribution in [2.45, 2.75) is 50.8 Å². The van der Waals surface area contributed by atoms with Crippen LogP contribution in [0.5, 0.6) is 0 Å². The molecule has 0 amide bonds. The van der Waals surface area contributed by atoms with Gasteiger partial charge in [-0.15, -0.1) is 0 Å². The fourth-order valence-corrected chi connectivity index (χ4v) is 2.59. The van der Waals surface area contributed by atoms with Gasteiger partial charge in [0.2, 0.25) is 0 Å². The van der Waals surface area contributed by atoms with E-state index in [1.54, 1.807) is 0 Å². The van der Waals surface area contributed by atoms with Crippen LogP contribution in [0.15, 0.2) is 12.3 Å². The molecule has 5 heteroatoms. The van der Waals surface area contributed by atoms with Gasteiger partial charge >= 0.3 is 6.18 Å². The third-order valence-electron chi connectivity index (χ3n) is 3.50. The first-order valence-corrected chi connectivity index (χ1v) is 6.19. The van der Waals surface area contributed by atoms with Crippen LogP contribution < -0.4 is 0 Å². The van der Waals surface area contributed by atoms with Crippen LogP contribution in [-0.4, -0.2) is 10.1 Å². The minimum atomic E-state index is -4.37. The Morgan fingerprint density at radius 2 is 1.89 bits per heavy atom. The average Bonchev–Trinajstić information content (AvgIpc) is 2.38. The zero-order chi connectivity index (χ0) is 13.2. The third kappa shape index (κ3) is 2.83. The summed E-state index contributed by atoms with van der Waals surface area (Å²) in [7, 11) is 0. The van der Waals surface area contributed by atoms with Gasteiger partial charge in [0.05, 0.1) is 17.9 Å². The summed E-state index contributed by atoms with van der Waals surface area (Å²) in [5.41, 5.74) is -0.0311. The quantitative estimate of drug-likeness (QED) is 0.879. The summed E-state index contributed by atoms with van der Waals surface area (Å²) >= 11 is 0. The second kappa shape index (κ2) is 5.26. The number of nitrogens with zero attached hydrogens (tertiary/aromatic N) is 1. The van der Waals surface area contributed by atoms with Crippen molar-refractivity contribution in [2.75, 3.05) is 0 Å². The predicted molar refractivity (Wildman–Crippen MR) is 61.0 cm³/mol. The number of aromatic nitrogens is 1. The van der Waals surface area contributed by atoms with Crippen LogP contribution in [0.3, 0.4) is 0 Å². The molecule has 0 atom stereocenters. The first-order valence-electron chi connectivity index (χ1n) is 6.19. The molecule has 0 aromatic carbocycles. The molecule has 2 rings (SSSR count). The van der Waals surface area contributed by atoms with Gasteiger partial charge < -0.3 is 5.11 Å². The molecule has 1 fully saturated rings. The van der Waals surface area contributed by atoms with Crippen LogP contribution in [0.2, 0.25) is 0 Å². The van der Waals surface area contributed by atoms with Gasteiger partial charge in [-0.2, -0.15) is 13.2 Å². The number of aliphatic hydroxyl groups is 1. The largest absolute Gasteiger partial charge is 0.418 e. The summed E-state index contributed by atoms with van der Waals surface area (Å²) in [5, 5.41) is 9.01. The van der Waals surface area contributed by atoms with Gasteiger partial charge in [0.25, 0.3) is 0 Å². The van der Waals surface area contributed by atoms with Crippen LogP contribution in [0.4, 0.5) is 13.2 Å². The minimum Gasteiger partial charge on any atom is -0.390 e. The zero-order valence-electron chi connectivity index (χ0n) is 10.0. The molecule has 0 aliphatic heterocycles. The van der Waals surface area contributed by atoms with Crippen molar-refractivity contribution in [1.82, 2.24) is 4.98 Å². The number of hydrogen-bond acceptors (Lipinski definition) is 2. The SMILES string of the molecule is OCc1cc(C2CCCCC2)c(C(F)(F)F)cn1. The number of halogens is 3. The highest BCUT2D eigenvalue weighted by Crippen LogP contribution is 2.40. The molecule has 1 N–H and O–H groups in total. The van der Waals surface area contributed by atoms with Crippen molar-refractivity contribution in [1.29, 1.82) is 0 Å². The van der Waals surface area contributed by atoms with Gasteiger partial charge in [0.1, 0.15) is 0 Å². The van der Waals surface area contributed by atoms with Crippen molar-refractivity contribution in [2.24, 2.45) is 0 Å². The summed E-state index contributed by atoms with van der Waals surface area (Å²) in [6, 6.07) is 1.42. The molecule has 100 valence electrons. The second-order valence-corrected chi connectivity index (χ2v) is 4.75. The van der Waals surface area contributed by atoms with Crippen molar-refractivity contribution < 1.29 is 18.3 Å². The maximum absolute atomic E-state index is 12.9. The van der Waals surface area contributed by atoms with Crippen LogP contribution in [0.25, 0.3) is 0 Å². The molecule has 18 heavy (non-hydrogen) atoms. The molecule has 0 radical (unpaired) electrons. The van der Waals surface area contributed by atoms with E-state index < -0.39 is 11.7 Å². The molecular formula is C13H16F3NO. The van der Waals surface area contributed by atoms with E-state index in [0.29, 0.717) is 11.3 Å². The molecular weight excluding hydrogens is 243 g/mol. The average molecular weight is 259 g/mol.